The van der Waals surface area contributed by atoms with E-state index in [0.29, 0.717) is 6.04 Å². The second-order valence-corrected chi connectivity index (χ2v) is 4.88. The van der Waals surface area contributed by atoms with E-state index < -0.39 is 0 Å². The SMILES string of the molecule is CCCCCCC(C)n1ncc(Br)c1N. The van der Waals surface area contributed by atoms with Crippen molar-refractivity contribution in [1.29, 1.82) is 0 Å². The van der Waals surface area contributed by atoms with E-state index >= 15 is 0 Å². The van der Waals surface area contributed by atoms with Crippen LogP contribution in [0.15, 0.2) is 10.7 Å². The first-order valence-corrected chi connectivity index (χ1v) is 6.44. The van der Waals surface area contributed by atoms with Crippen LogP contribution < -0.4 is 5.73 Å². The molecule has 0 saturated heterocycles. The molecule has 4 heteroatoms. The van der Waals surface area contributed by atoms with E-state index in [2.05, 4.69) is 34.9 Å². The minimum atomic E-state index is 0.396. The number of nitrogens with two attached hydrogens (primary N) is 1. The molecule has 0 saturated carbocycles. The van der Waals surface area contributed by atoms with Gasteiger partial charge in [0, 0.05) is 0 Å². The van der Waals surface area contributed by atoms with Crippen LogP contribution in [0.25, 0.3) is 0 Å². The Morgan fingerprint density at radius 2 is 2.20 bits per heavy atom. The Kier molecular flexibility index (Phi) is 5.15. The average Bonchev–Trinajstić information content (AvgIpc) is 2.55. The molecule has 1 rings (SSSR count). The first-order valence-electron chi connectivity index (χ1n) is 5.65. The normalized spacial score (nSPS) is 13.0. The molecular weight excluding hydrogens is 254 g/mol. The van der Waals surface area contributed by atoms with Gasteiger partial charge in [-0.3, -0.25) is 0 Å². The van der Waals surface area contributed by atoms with Crippen LogP contribution in [0.3, 0.4) is 0 Å². The van der Waals surface area contributed by atoms with Crippen LogP contribution in [-0.2, 0) is 0 Å². The lowest BCUT2D eigenvalue weighted by Crippen LogP contribution is -2.10. The second kappa shape index (κ2) is 6.16. The molecule has 1 unspecified atom stereocenters. The molecule has 0 aliphatic heterocycles. The van der Waals surface area contributed by atoms with E-state index in [1.54, 1.807) is 6.20 Å². The van der Waals surface area contributed by atoms with Crippen molar-refractivity contribution in [3.8, 4) is 0 Å². The molecule has 0 aromatic carbocycles. The van der Waals surface area contributed by atoms with E-state index in [1.165, 1.54) is 25.7 Å². The third-order valence-electron chi connectivity index (χ3n) is 2.68. The predicted molar refractivity (Wildman–Crippen MR) is 67.8 cm³/mol. The second-order valence-electron chi connectivity index (χ2n) is 4.02. The van der Waals surface area contributed by atoms with Gasteiger partial charge in [0.1, 0.15) is 5.82 Å². The van der Waals surface area contributed by atoms with E-state index in [1.807, 2.05) is 4.68 Å². The summed E-state index contributed by atoms with van der Waals surface area (Å²) in [4.78, 5) is 0. The quantitative estimate of drug-likeness (QED) is 0.803. The molecule has 0 fully saturated rings. The maximum Gasteiger partial charge on any atom is 0.136 e. The van der Waals surface area contributed by atoms with Crippen LogP contribution in [-0.4, -0.2) is 9.78 Å². The Morgan fingerprint density at radius 3 is 2.73 bits per heavy atom. The molecule has 1 heterocycles. The van der Waals surface area contributed by atoms with Crippen molar-refractivity contribution in [2.45, 2.75) is 52.0 Å². The molecule has 2 N–H and O–H groups in total. The zero-order chi connectivity index (χ0) is 11.3. The lowest BCUT2D eigenvalue weighted by molar-refractivity contribution is 0.441. The van der Waals surface area contributed by atoms with Crippen molar-refractivity contribution in [2.75, 3.05) is 5.73 Å². The standard InChI is InChI=1S/C11H20BrN3/c1-3-4-5-6-7-9(2)15-11(13)10(12)8-14-15/h8-9H,3-7,13H2,1-2H3. The number of aromatic nitrogens is 2. The number of hydrogen-bond acceptors (Lipinski definition) is 2. The van der Waals surface area contributed by atoms with Crippen molar-refractivity contribution in [2.24, 2.45) is 0 Å². The smallest absolute Gasteiger partial charge is 0.136 e. The van der Waals surface area contributed by atoms with Crippen LogP contribution in [0.5, 0.6) is 0 Å². The topological polar surface area (TPSA) is 43.8 Å². The third kappa shape index (κ3) is 3.52. The summed E-state index contributed by atoms with van der Waals surface area (Å²) in [5, 5.41) is 4.26. The Hall–Kier alpha value is -0.510. The maximum absolute atomic E-state index is 5.89. The molecule has 0 radical (unpaired) electrons. The third-order valence-corrected chi connectivity index (χ3v) is 3.29. The van der Waals surface area contributed by atoms with Gasteiger partial charge in [-0.2, -0.15) is 5.10 Å². The highest BCUT2D eigenvalue weighted by Gasteiger charge is 2.10. The van der Waals surface area contributed by atoms with Crippen LogP contribution in [0.2, 0.25) is 0 Å². The minimum absolute atomic E-state index is 0.396. The van der Waals surface area contributed by atoms with Gasteiger partial charge >= 0.3 is 0 Å². The predicted octanol–water partition coefficient (Wildman–Crippen LogP) is 3.76. The van der Waals surface area contributed by atoms with Crippen molar-refractivity contribution in [3.63, 3.8) is 0 Å². The van der Waals surface area contributed by atoms with Gasteiger partial charge in [0.2, 0.25) is 0 Å². The molecule has 0 bridgehead atoms. The fraction of sp³-hybridized carbons (Fsp3) is 0.727. The summed E-state index contributed by atoms with van der Waals surface area (Å²) in [6.07, 6.45) is 8.08. The van der Waals surface area contributed by atoms with Crippen molar-refractivity contribution in [1.82, 2.24) is 9.78 Å². The lowest BCUT2D eigenvalue weighted by Gasteiger charge is -2.13. The highest BCUT2D eigenvalue weighted by atomic mass is 79.9. The Balaban J connectivity index is 2.40. The van der Waals surface area contributed by atoms with E-state index in [0.717, 1.165) is 16.7 Å². The molecule has 0 spiro atoms. The molecule has 0 aliphatic rings. The zero-order valence-corrected chi connectivity index (χ0v) is 11.1. The Morgan fingerprint density at radius 1 is 1.47 bits per heavy atom. The van der Waals surface area contributed by atoms with Gasteiger partial charge < -0.3 is 5.73 Å². The summed E-state index contributed by atoms with van der Waals surface area (Å²) < 4.78 is 2.79. The Bertz CT molecular complexity index is 296. The fourth-order valence-electron chi connectivity index (χ4n) is 1.69. The van der Waals surface area contributed by atoms with Crippen LogP contribution in [0.4, 0.5) is 5.82 Å². The molecule has 1 aromatic heterocycles. The molecular formula is C11H20BrN3. The monoisotopic (exact) mass is 273 g/mol. The minimum Gasteiger partial charge on any atom is -0.383 e. The maximum atomic E-state index is 5.89. The molecule has 86 valence electrons. The van der Waals surface area contributed by atoms with Gasteiger partial charge in [-0.15, -0.1) is 0 Å². The van der Waals surface area contributed by atoms with Gasteiger partial charge in [0.05, 0.1) is 16.7 Å². The van der Waals surface area contributed by atoms with Gasteiger partial charge in [-0.05, 0) is 29.3 Å². The number of hydrogen-bond donors (Lipinski definition) is 1. The van der Waals surface area contributed by atoms with Gasteiger partial charge in [-0.1, -0.05) is 32.6 Å². The highest BCUT2D eigenvalue weighted by Crippen LogP contribution is 2.24. The fourth-order valence-corrected chi connectivity index (χ4v) is 1.96. The van der Waals surface area contributed by atoms with Gasteiger partial charge in [-0.25, -0.2) is 4.68 Å². The van der Waals surface area contributed by atoms with E-state index in [4.69, 9.17) is 5.73 Å². The molecule has 15 heavy (non-hydrogen) atoms. The Labute approximate surface area is 100 Å². The molecule has 1 atom stereocenters. The molecule has 1 aromatic rings. The van der Waals surface area contributed by atoms with Gasteiger partial charge in [0.15, 0.2) is 0 Å². The first-order chi connectivity index (χ1) is 7.16. The van der Waals surface area contributed by atoms with Crippen molar-refractivity contribution >= 4 is 21.7 Å². The van der Waals surface area contributed by atoms with Gasteiger partial charge in [0.25, 0.3) is 0 Å². The average molecular weight is 274 g/mol. The number of unbranched alkanes of at least 4 members (excludes halogenated alkanes) is 3. The summed E-state index contributed by atoms with van der Waals surface area (Å²) in [7, 11) is 0. The van der Waals surface area contributed by atoms with Crippen LogP contribution in [0.1, 0.15) is 52.0 Å². The number of halogens is 1. The van der Waals surface area contributed by atoms with Crippen molar-refractivity contribution in [3.05, 3.63) is 10.7 Å². The molecule has 3 nitrogen and oxygen atoms in total. The number of nitrogen functional groups attached to an aromatic ring is 1. The highest BCUT2D eigenvalue weighted by molar-refractivity contribution is 9.10. The summed E-state index contributed by atoms with van der Waals surface area (Å²) in [5.41, 5.74) is 5.89. The first kappa shape index (κ1) is 12.6. The number of nitrogens with zero attached hydrogens (tertiary/aromatic N) is 2. The summed E-state index contributed by atoms with van der Waals surface area (Å²) in [6.45, 7) is 4.40. The van der Waals surface area contributed by atoms with E-state index in [-0.39, 0.29) is 0 Å². The van der Waals surface area contributed by atoms with Crippen molar-refractivity contribution < 1.29 is 0 Å². The van der Waals surface area contributed by atoms with Crippen LogP contribution in [0, 0.1) is 0 Å². The molecule has 0 amide bonds. The lowest BCUT2D eigenvalue weighted by atomic mass is 10.1. The number of anilines is 1. The number of rotatable bonds is 6. The summed E-state index contributed by atoms with van der Waals surface area (Å²) in [5.74, 6) is 0.734. The van der Waals surface area contributed by atoms with Crippen LogP contribution >= 0.6 is 15.9 Å². The largest absolute Gasteiger partial charge is 0.383 e. The zero-order valence-electron chi connectivity index (χ0n) is 9.54. The summed E-state index contributed by atoms with van der Waals surface area (Å²) in [6, 6.07) is 0.396. The van der Waals surface area contributed by atoms with E-state index in [9.17, 15) is 0 Å². The summed E-state index contributed by atoms with van der Waals surface area (Å²) >= 11 is 3.37. The molecule has 0 aliphatic carbocycles.